The number of benzene rings is 1. The lowest BCUT2D eigenvalue weighted by molar-refractivity contribution is -0.120. The van der Waals surface area contributed by atoms with E-state index in [2.05, 4.69) is 46.2 Å². The monoisotopic (exact) mass is 326 g/mol. The zero-order valence-electron chi connectivity index (χ0n) is 14.5. The molecule has 1 aromatic heterocycles. The Kier molecular flexibility index (Phi) is 5.30. The Morgan fingerprint density at radius 2 is 2.17 bits per heavy atom. The second-order valence-electron chi connectivity index (χ2n) is 6.78. The third-order valence-corrected chi connectivity index (χ3v) is 4.52. The largest absolute Gasteiger partial charge is 0.330 e. The van der Waals surface area contributed by atoms with E-state index in [1.54, 1.807) is 0 Å². The molecule has 1 aliphatic rings. The van der Waals surface area contributed by atoms with Gasteiger partial charge in [-0.25, -0.2) is 4.98 Å². The zero-order chi connectivity index (χ0) is 16.9. The molecule has 0 radical (unpaired) electrons. The van der Waals surface area contributed by atoms with Gasteiger partial charge in [0, 0.05) is 36.5 Å². The second kappa shape index (κ2) is 7.62. The summed E-state index contributed by atoms with van der Waals surface area (Å²) >= 11 is 0. The van der Waals surface area contributed by atoms with Crippen LogP contribution >= 0.6 is 0 Å². The highest BCUT2D eigenvalue weighted by Gasteiger charge is 2.20. The maximum absolute atomic E-state index is 12.4. The number of carbonyl (C=O) groups excluding carboxylic acids is 1. The van der Waals surface area contributed by atoms with Crippen LogP contribution in [0.2, 0.25) is 0 Å². The van der Waals surface area contributed by atoms with Gasteiger partial charge in [0.05, 0.1) is 0 Å². The molecule has 2 N–H and O–H groups in total. The number of piperidine rings is 1. The van der Waals surface area contributed by atoms with E-state index in [0.29, 0.717) is 5.92 Å². The summed E-state index contributed by atoms with van der Waals surface area (Å²) in [5.74, 6) is 1.73. The van der Waals surface area contributed by atoms with Crippen molar-refractivity contribution in [1.82, 2.24) is 14.9 Å². The summed E-state index contributed by atoms with van der Waals surface area (Å²) < 4.78 is 2.17. The quantitative estimate of drug-likeness (QED) is 0.888. The van der Waals surface area contributed by atoms with Crippen molar-refractivity contribution in [3.05, 3.63) is 48.0 Å². The maximum Gasteiger partial charge on any atom is 0.227 e. The van der Waals surface area contributed by atoms with Crippen molar-refractivity contribution in [3.8, 4) is 0 Å². The van der Waals surface area contributed by atoms with Gasteiger partial charge in [-0.3, -0.25) is 4.79 Å². The third-order valence-electron chi connectivity index (χ3n) is 4.52. The Hall–Kier alpha value is -2.14. The highest BCUT2D eigenvalue weighted by molar-refractivity contribution is 5.92. The molecule has 0 atom stereocenters. The molecule has 0 aliphatic carbocycles. The molecule has 24 heavy (non-hydrogen) atoms. The van der Waals surface area contributed by atoms with Crippen LogP contribution in [0.25, 0.3) is 0 Å². The molecular formula is C19H26N4O. The van der Waals surface area contributed by atoms with Gasteiger partial charge < -0.3 is 15.2 Å². The summed E-state index contributed by atoms with van der Waals surface area (Å²) in [7, 11) is 0. The highest BCUT2D eigenvalue weighted by Crippen LogP contribution is 2.18. The number of anilines is 1. The van der Waals surface area contributed by atoms with Crippen molar-refractivity contribution in [2.45, 2.75) is 39.2 Å². The predicted molar refractivity (Wildman–Crippen MR) is 96.1 cm³/mol. The van der Waals surface area contributed by atoms with Crippen LogP contribution in [-0.2, 0) is 11.3 Å². The number of imidazole rings is 1. The van der Waals surface area contributed by atoms with E-state index >= 15 is 0 Å². The number of carbonyl (C=O) groups is 1. The molecule has 1 aromatic carbocycles. The SMILES string of the molecule is CC(C)c1nccn1Cc1cccc(NC(=O)C2CCNCC2)c1. The van der Waals surface area contributed by atoms with Crippen molar-refractivity contribution in [2.24, 2.45) is 5.92 Å². The predicted octanol–water partition coefficient (Wildman–Crippen LogP) is 2.99. The lowest BCUT2D eigenvalue weighted by Crippen LogP contribution is -2.34. The first kappa shape index (κ1) is 16.7. The Balaban J connectivity index is 1.67. The minimum atomic E-state index is 0.121. The fourth-order valence-corrected chi connectivity index (χ4v) is 3.23. The molecule has 5 heteroatoms. The van der Waals surface area contributed by atoms with Gasteiger partial charge in [-0.2, -0.15) is 0 Å². The van der Waals surface area contributed by atoms with Crippen molar-refractivity contribution in [2.75, 3.05) is 18.4 Å². The second-order valence-corrected chi connectivity index (χ2v) is 6.78. The van der Waals surface area contributed by atoms with Gasteiger partial charge in [0.15, 0.2) is 0 Å². The van der Waals surface area contributed by atoms with Crippen LogP contribution in [0, 0.1) is 5.92 Å². The number of nitrogens with one attached hydrogen (secondary N) is 2. The first-order valence-corrected chi connectivity index (χ1v) is 8.75. The molecule has 0 spiro atoms. The summed E-state index contributed by atoms with van der Waals surface area (Å²) in [5.41, 5.74) is 2.04. The fourth-order valence-electron chi connectivity index (χ4n) is 3.23. The number of aromatic nitrogens is 2. The smallest absolute Gasteiger partial charge is 0.227 e. The van der Waals surface area contributed by atoms with Gasteiger partial charge in [0.2, 0.25) is 5.91 Å². The van der Waals surface area contributed by atoms with Crippen LogP contribution in [-0.4, -0.2) is 28.5 Å². The van der Waals surface area contributed by atoms with E-state index in [1.807, 2.05) is 24.5 Å². The zero-order valence-corrected chi connectivity index (χ0v) is 14.5. The number of hydrogen-bond acceptors (Lipinski definition) is 3. The van der Waals surface area contributed by atoms with Gasteiger partial charge in [0.1, 0.15) is 5.82 Å². The minimum Gasteiger partial charge on any atom is -0.330 e. The average molecular weight is 326 g/mol. The topological polar surface area (TPSA) is 59.0 Å². The lowest BCUT2D eigenvalue weighted by Gasteiger charge is -2.22. The summed E-state index contributed by atoms with van der Waals surface area (Å²) in [6, 6.07) is 8.10. The number of amides is 1. The summed E-state index contributed by atoms with van der Waals surface area (Å²) in [6.07, 6.45) is 5.68. The van der Waals surface area contributed by atoms with Crippen molar-refractivity contribution >= 4 is 11.6 Å². The molecule has 128 valence electrons. The van der Waals surface area contributed by atoms with E-state index in [9.17, 15) is 4.79 Å². The minimum absolute atomic E-state index is 0.121. The molecule has 2 aromatic rings. The molecule has 1 fully saturated rings. The van der Waals surface area contributed by atoms with E-state index in [0.717, 1.165) is 49.6 Å². The molecule has 1 amide bonds. The van der Waals surface area contributed by atoms with Gasteiger partial charge >= 0.3 is 0 Å². The van der Waals surface area contributed by atoms with Crippen LogP contribution in [0.3, 0.4) is 0 Å². The summed E-state index contributed by atoms with van der Waals surface area (Å²) in [5, 5.41) is 6.37. The van der Waals surface area contributed by atoms with E-state index in [1.165, 1.54) is 0 Å². The molecule has 1 saturated heterocycles. The summed E-state index contributed by atoms with van der Waals surface area (Å²) in [4.78, 5) is 16.8. The Morgan fingerprint density at radius 1 is 1.38 bits per heavy atom. The van der Waals surface area contributed by atoms with Crippen LogP contribution in [0.1, 0.15) is 44.0 Å². The molecule has 5 nitrogen and oxygen atoms in total. The van der Waals surface area contributed by atoms with Gasteiger partial charge in [-0.05, 0) is 43.6 Å². The lowest BCUT2D eigenvalue weighted by atomic mass is 9.97. The molecule has 3 rings (SSSR count). The van der Waals surface area contributed by atoms with Crippen LogP contribution in [0.15, 0.2) is 36.7 Å². The van der Waals surface area contributed by atoms with Gasteiger partial charge in [-0.1, -0.05) is 26.0 Å². The third kappa shape index (κ3) is 4.03. The standard InChI is InChI=1S/C19H26N4O/c1-14(2)18-21-10-11-23(18)13-15-4-3-5-17(12-15)22-19(24)16-6-8-20-9-7-16/h3-5,10-12,14,16,20H,6-9,13H2,1-2H3,(H,22,24). The van der Waals surface area contributed by atoms with Gasteiger partial charge in [-0.15, -0.1) is 0 Å². The number of rotatable bonds is 5. The molecule has 0 bridgehead atoms. The van der Waals surface area contributed by atoms with Crippen LogP contribution in [0.4, 0.5) is 5.69 Å². The average Bonchev–Trinajstić information content (AvgIpc) is 3.04. The number of nitrogens with zero attached hydrogens (tertiary/aromatic N) is 2. The van der Waals surface area contributed by atoms with Crippen molar-refractivity contribution in [3.63, 3.8) is 0 Å². The molecule has 1 aliphatic heterocycles. The maximum atomic E-state index is 12.4. The van der Waals surface area contributed by atoms with Crippen LogP contribution in [0.5, 0.6) is 0 Å². The van der Waals surface area contributed by atoms with E-state index in [-0.39, 0.29) is 11.8 Å². The Labute approximate surface area is 143 Å². The van der Waals surface area contributed by atoms with E-state index < -0.39 is 0 Å². The van der Waals surface area contributed by atoms with E-state index in [4.69, 9.17) is 0 Å². The highest BCUT2D eigenvalue weighted by atomic mass is 16.1. The van der Waals surface area contributed by atoms with Crippen molar-refractivity contribution in [1.29, 1.82) is 0 Å². The summed E-state index contributed by atoms with van der Waals surface area (Å²) in [6.45, 7) is 6.92. The van der Waals surface area contributed by atoms with Crippen LogP contribution < -0.4 is 10.6 Å². The fraction of sp³-hybridized carbons (Fsp3) is 0.474. The first-order valence-electron chi connectivity index (χ1n) is 8.75. The number of hydrogen-bond donors (Lipinski definition) is 2. The Morgan fingerprint density at radius 3 is 2.92 bits per heavy atom. The Bertz CT molecular complexity index is 686. The molecule has 0 saturated carbocycles. The molecule has 2 heterocycles. The van der Waals surface area contributed by atoms with Crippen molar-refractivity contribution < 1.29 is 4.79 Å². The van der Waals surface area contributed by atoms with Gasteiger partial charge in [0.25, 0.3) is 0 Å². The normalized spacial score (nSPS) is 15.6. The molecular weight excluding hydrogens is 300 g/mol. The first-order chi connectivity index (χ1) is 11.6. The molecule has 0 unspecified atom stereocenters.